The Hall–Kier alpha value is -2.29. The molecule has 0 bridgehead atoms. The van der Waals surface area contributed by atoms with E-state index in [4.69, 9.17) is 0 Å². The van der Waals surface area contributed by atoms with E-state index in [9.17, 15) is 19.5 Å². The zero-order valence-corrected chi connectivity index (χ0v) is 15.0. The number of hydrogen-bond donors (Lipinski definition) is 4. The van der Waals surface area contributed by atoms with E-state index in [1.807, 2.05) is 12.1 Å². The number of carbonyl (C=O) groups is 3. The van der Waals surface area contributed by atoms with Crippen molar-refractivity contribution in [2.45, 2.75) is 50.5 Å². The summed E-state index contributed by atoms with van der Waals surface area (Å²) in [6.07, 6.45) is 1.02. The maximum atomic E-state index is 12.8. The number of nitrogens with zero attached hydrogens (tertiary/aromatic N) is 1. The molecule has 3 aliphatic heterocycles. The molecule has 0 aliphatic carbocycles. The molecule has 8 heteroatoms. The number of fused-ring (bicyclic) bond motifs is 1. The largest absolute Gasteiger partial charge is 0.390 e. The third kappa shape index (κ3) is 3.47. The van der Waals surface area contributed by atoms with Gasteiger partial charge in [0, 0.05) is 37.7 Å². The number of carbonyl (C=O) groups excluding carboxylic acids is 3. The van der Waals surface area contributed by atoms with Crippen LogP contribution in [0.3, 0.4) is 0 Å². The Morgan fingerprint density at radius 3 is 2.85 bits per heavy atom. The van der Waals surface area contributed by atoms with E-state index in [0.717, 1.165) is 24.1 Å². The van der Waals surface area contributed by atoms with Crippen molar-refractivity contribution in [3.63, 3.8) is 0 Å². The second kappa shape index (κ2) is 7.38. The zero-order chi connectivity index (χ0) is 19.0. The normalized spacial score (nSPS) is 28.3. The van der Waals surface area contributed by atoms with E-state index in [-0.39, 0.29) is 24.3 Å². The van der Waals surface area contributed by atoms with E-state index in [2.05, 4.69) is 16.0 Å². The first kappa shape index (κ1) is 18.1. The fourth-order valence-electron chi connectivity index (χ4n) is 4.14. The van der Waals surface area contributed by atoms with Crippen LogP contribution >= 0.6 is 0 Å². The number of rotatable bonds is 4. The Morgan fingerprint density at radius 1 is 1.22 bits per heavy atom. The molecule has 3 aliphatic rings. The van der Waals surface area contributed by atoms with Gasteiger partial charge in [0.15, 0.2) is 0 Å². The Labute approximate surface area is 157 Å². The summed E-state index contributed by atoms with van der Waals surface area (Å²) in [5.74, 6) is -0.848. The molecule has 0 radical (unpaired) electrons. The summed E-state index contributed by atoms with van der Waals surface area (Å²) in [5, 5.41) is 19.0. The summed E-state index contributed by atoms with van der Waals surface area (Å²) in [7, 11) is 0. The van der Waals surface area contributed by atoms with E-state index in [1.165, 1.54) is 0 Å². The van der Waals surface area contributed by atoms with Gasteiger partial charge in [-0.15, -0.1) is 0 Å². The van der Waals surface area contributed by atoms with Gasteiger partial charge in [0.25, 0.3) is 5.91 Å². The topological polar surface area (TPSA) is 111 Å². The molecule has 2 fully saturated rings. The number of aliphatic hydroxyl groups excluding tert-OH is 1. The fraction of sp³-hybridized carbons (Fsp3) is 0.526. The molecule has 144 valence electrons. The number of hydrogen-bond acceptors (Lipinski definition) is 6. The van der Waals surface area contributed by atoms with E-state index in [1.54, 1.807) is 11.0 Å². The second-order valence-corrected chi connectivity index (χ2v) is 7.39. The lowest BCUT2D eigenvalue weighted by Crippen LogP contribution is -2.52. The SMILES string of the molecule is O=C1CCC(N2Cc3c(CN[C@H]4CCNC[C@@H]4O)cccc3C2=O)C(=O)N1. The predicted molar refractivity (Wildman–Crippen MR) is 96.6 cm³/mol. The van der Waals surface area contributed by atoms with E-state index in [0.29, 0.717) is 31.6 Å². The summed E-state index contributed by atoms with van der Waals surface area (Å²) >= 11 is 0. The quantitative estimate of drug-likeness (QED) is 0.518. The van der Waals surface area contributed by atoms with Crippen LogP contribution in [0.25, 0.3) is 0 Å². The van der Waals surface area contributed by atoms with Crippen LogP contribution in [0.15, 0.2) is 18.2 Å². The number of β-amino-alcohol motifs (C(OH)–C–C–N with tert-alkyl or cyclic N) is 1. The molecule has 4 rings (SSSR count). The molecule has 1 unspecified atom stereocenters. The number of piperidine rings is 2. The molecule has 4 N–H and O–H groups in total. The van der Waals surface area contributed by atoms with Gasteiger partial charge < -0.3 is 20.6 Å². The van der Waals surface area contributed by atoms with Gasteiger partial charge in [-0.05, 0) is 36.6 Å². The van der Waals surface area contributed by atoms with Gasteiger partial charge in [-0.1, -0.05) is 12.1 Å². The highest BCUT2D eigenvalue weighted by atomic mass is 16.3. The molecule has 0 spiro atoms. The molecule has 3 atom stereocenters. The van der Waals surface area contributed by atoms with Crippen molar-refractivity contribution in [1.82, 2.24) is 20.9 Å². The molecule has 0 aromatic heterocycles. The van der Waals surface area contributed by atoms with Crippen molar-refractivity contribution in [3.05, 3.63) is 34.9 Å². The molecule has 8 nitrogen and oxygen atoms in total. The highest BCUT2D eigenvalue weighted by molar-refractivity contribution is 6.05. The average molecular weight is 372 g/mol. The molecule has 27 heavy (non-hydrogen) atoms. The van der Waals surface area contributed by atoms with Crippen LogP contribution in [-0.4, -0.2) is 59.0 Å². The third-order valence-corrected chi connectivity index (χ3v) is 5.68. The van der Waals surface area contributed by atoms with Gasteiger partial charge >= 0.3 is 0 Å². The monoisotopic (exact) mass is 372 g/mol. The molecule has 3 heterocycles. The summed E-state index contributed by atoms with van der Waals surface area (Å²) in [6.45, 7) is 2.37. The Morgan fingerprint density at radius 2 is 2.07 bits per heavy atom. The Kier molecular flexibility index (Phi) is 4.94. The molecule has 1 aromatic carbocycles. The number of nitrogens with one attached hydrogen (secondary N) is 3. The lowest BCUT2D eigenvalue weighted by molar-refractivity contribution is -0.136. The first-order valence-electron chi connectivity index (χ1n) is 9.42. The van der Waals surface area contributed by atoms with Crippen LogP contribution in [0, 0.1) is 0 Å². The smallest absolute Gasteiger partial charge is 0.255 e. The van der Waals surface area contributed by atoms with Crippen LogP contribution < -0.4 is 16.0 Å². The Bertz CT molecular complexity index is 781. The van der Waals surface area contributed by atoms with Crippen molar-refractivity contribution >= 4 is 17.7 Å². The minimum Gasteiger partial charge on any atom is -0.390 e. The molecular weight excluding hydrogens is 348 g/mol. The van der Waals surface area contributed by atoms with Crippen molar-refractivity contribution < 1.29 is 19.5 Å². The van der Waals surface area contributed by atoms with Gasteiger partial charge in [-0.2, -0.15) is 0 Å². The molecular formula is C19H24N4O4. The number of imide groups is 1. The first-order valence-corrected chi connectivity index (χ1v) is 9.42. The summed E-state index contributed by atoms with van der Waals surface area (Å²) < 4.78 is 0. The summed E-state index contributed by atoms with van der Waals surface area (Å²) in [6, 6.07) is 5.02. The van der Waals surface area contributed by atoms with Gasteiger partial charge in [0.1, 0.15) is 6.04 Å². The standard InChI is InChI=1S/C19H24N4O4/c24-16-9-20-7-6-14(16)21-8-11-2-1-3-12-13(11)10-23(19(12)27)15-4-5-17(25)22-18(15)26/h1-3,14-16,20-21,24H,4-10H2,(H,22,25,26)/t14-,15?,16-/m0/s1. The molecule has 3 amide bonds. The zero-order valence-electron chi connectivity index (χ0n) is 15.0. The van der Waals surface area contributed by atoms with Crippen molar-refractivity contribution in [2.24, 2.45) is 0 Å². The molecule has 2 saturated heterocycles. The summed E-state index contributed by atoms with van der Waals surface area (Å²) in [4.78, 5) is 37.9. The van der Waals surface area contributed by atoms with Gasteiger partial charge in [0.2, 0.25) is 11.8 Å². The average Bonchev–Trinajstić information content (AvgIpc) is 2.98. The number of benzene rings is 1. The minimum atomic E-state index is -0.602. The van der Waals surface area contributed by atoms with Crippen LogP contribution in [0.4, 0.5) is 0 Å². The van der Waals surface area contributed by atoms with Crippen LogP contribution in [-0.2, 0) is 22.7 Å². The van der Waals surface area contributed by atoms with Gasteiger partial charge in [-0.3, -0.25) is 19.7 Å². The summed E-state index contributed by atoms with van der Waals surface area (Å²) in [5.41, 5.74) is 2.54. The number of aliphatic hydroxyl groups is 1. The lowest BCUT2D eigenvalue weighted by atomic mass is 10.0. The highest BCUT2D eigenvalue weighted by Crippen LogP contribution is 2.29. The lowest BCUT2D eigenvalue weighted by Gasteiger charge is -2.30. The maximum Gasteiger partial charge on any atom is 0.255 e. The van der Waals surface area contributed by atoms with Crippen molar-refractivity contribution in [2.75, 3.05) is 13.1 Å². The highest BCUT2D eigenvalue weighted by Gasteiger charge is 2.39. The first-order chi connectivity index (χ1) is 13.0. The van der Waals surface area contributed by atoms with Crippen LogP contribution in [0.2, 0.25) is 0 Å². The Balaban J connectivity index is 1.49. The molecule has 1 aromatic rings. The van der Waals surface area contributed by atoms with E-state index < -0.39 is 18.1 Å². The van der Waals surface area contributed by atoms with Crippen molar-refractivity contribution in [1.29, 1.82) is 0 Å². The van der Waals surface area contributed by atoms with E-state index >= 15 is 0 Å². The fourth-order valence-corrected chi connectivity index (χ4v) is 4.14. The van der Waals surface area contributed by atoms with Crippen LogP contribution in [0.1, 0.15) is 40.7 Å². The van der Waals surface area contributed by atoms with Crippen LogP contribution in [0.5, 0.6) is 0 Å². The van der Waals surface area contributed by atoms with Crippen molar-refractivity contribution in [3.8, 4) is 0 Å². The predicted octanol–water partition coefficient (Wildman–Crippen LogP) is -0.740. The van der Waals surface area contributed by atoms with Gasteiger partial charge in [-0.25, -0.2) is 0 Å². The second-order valence-electron chi connectivity index (χ2n) is 7.39. The number of amides is 3. The molecule has 0 saturated carbocycles. The maximum absolute atomic E-state index is 12.8. The third-order valence-electron chi connectivity index (χ3n) is 5.68. The van der Waals surface area contributed by atoms with Gasteiger partial charge in [0.05, 0.1) is 6.10 Å². The minimum absolute atomic E-state index is 0.0189.